The Morgan fingerprint density at radius 3 is 2.68 bits per heavy atom. The Kier molecular flexibility index (Phi) is 4.49. The fraction of sp³-hybridized carbons (Fsp3) is 0.316. The summed E-state index contributed by atoms with van der Waals surface area (Å²) in [6.45, 7) is 5.21. The van der Waals surface area contributed by atoms with E-state index in [9.17, 15) is 0 Å². The van der Waals surface area contributed by atoms with E-state index in [2.05, 4.69) is 49.2 Å². The number of halogens is 1. The first-order chi connectivity index (χ1) is 10.7. The zero-order valence-corrected chi connectivity index (χ0v) is 13.9. The predicted molar refractivity (Wildman–Crippen MR) is 94.9 cm³/mol. The molecule has 0 saturated heterocycles. The number of hydrogen-bond donors (Lipinski definition) is 0. The average Bonchev–Trinajstić information content (AvgIpc) is 2.53. The topological polar surface area (TPSA) is 15.6 Å². The smallest absolute Gasteiger partial charge is 0.133 e. The molecule has 3 heteroatoms. The first-order valence-corrected chi connectivity index (χ1v) is 8.25. The Balaban J connectivity index is 2.00. The van der Waals surface area contributed by atoms with Crippen LogP contribution in [0.5, 0.6) is 0 Å². The highest BCUT2D eigenvalue weighted by Crippen LogP contribution is 2.30. The minimum Gasteiger partial charge on any atom is -0.328 e. The van der Waals surface area contributed by atoms with Crippen LogP contribution in [0.2, 0.25) is 5.02 Å². The average molecular weight is 313 g/mol. The van der Waals surface area contributed by atoms with Gasteiger partial charge in [-0.3, -0.25) is 0 Å². The maximum Gasteiger partial charge on any atom is 0.133 e. The number of aliphatic imine (C=N–C) groups is 1. The molecule has 0 spiro atoms. The summed E-state index contributed by atoms with van der Waals surface area (Å²) >= 11 is 6.03. The Morgan fingerprint density at radius 1 is 1.18 bits per heavy atom. The molecule has 0 aliphatic carbocycles. The van der Waals surface area contributed by atoms with Crippen LogP contribution in [0.3, 0.4) is 0 Å². The summed E-state index contributed by atoms with van der Waals surface area (Å²) in [7, 11) is 0. The van der Waals surface area contributed by atoms with Gasteiger partial charge in [-0.2, -0.15) is 0 Å². The molecule has 114 valence electrons. The third-order valence-electron chi connectivity index (χ3n) is 4.04. The Morgan fingerprint density at radius 2 is 1.95 bits per heavy atom. The second-order valence-corrected chi connectivity index (χ2v) is 6.28. The van der Waals surface area contributed by atoms with Crippen LogP contribution >= 0.6 is 11.6 Å². The number of fused-ring (bicyclic) bond motifs is 1. The fourth-order valence-corrected chi connectivity index (χ4v) is 2.94. The SMILES string of the molecule is CCCCC1=C(c2ccc(Cl)cc2)CN2C=C(C)C=CC2=N1. The van der Waals surface area contributed by atoms with Crippen LogP contribution in [0.25, 0.3) is 5.57 Å². The maximum atomic E-state index is 6.03. The lowest BCUT2D eigenvalue weighted by Crippen LogP contribution is -2.31. The number of nitrogens with zero attached hydrogens (tertiary/aromatic N) is 2. The highest BCUT2D eigenvalue weighted by atomic mass is 35.5. The molecule has 0 N–H and O–H groups in total. The standard InChI is InChI=1S/C19H21ClN2/c1-3-4-5-18-17(15-7-9-16(20)10-8-15)13-22-12-14(2)6-11-19(22)21-18/h6-12H,3-5,13H2,1-2H3. The summed E-state index contributed by atoms with van der Waals surface area (Å²) in [5, 5.41) is 0.774. The van der Waals surface area contributed by atoms with Gasteiger partial charge in [0.2, 0.25) is 0 Å². The number of benzene rings is 1. The fourth-order valence-electron chi connectivity index (χ4n) is 2.81. The molecule has 0 atom stereocenters. The van der Waals surface area contributed by atoms with Crippen LogP contribution in [0.1, 0.15) is 38.7 Å². The van der Waals surface area contributed by atoms with Crippen molar-refractivity contribution < 1.29 is 0 Å². The third-order valence-corrected chi connectivity index (χ3v) is 4.29. The molecule has 0 radical (unpaired) electrons. The van der Waals surface area contributed by atoms with Gasteiger partial charge in [-0.1, -0.05) is 43.2 Å². The Hall–Kier alpha value is -1.80. The van der Waals surface area contributed by atoms with Gasteiger partial charge in [0.1, 0.15) is 5.84 Å². The first-order valence-electron chi connectivity index (χ1n) is 7.87. The largest absolute Gasteiger partial charge is 0.328 e. The van der Waals surface area contributed by atoms with Gasteiger partial charge < -0.3 is 4.90 Å². The quantitative estimate of drug-likeness (QED) is 0.724. The van der Waals surface area contributed by atoms with Crippen molar-refractivity contribution in [3.8, 4) is 0 Å². The highest BCUT2D eigenvalue weighted by molar-refractivity contribution is 6.30. The molecule has 1 aromatic carbocycles. The summed E-state index contributed by atoms with van der Waals surface area (Å²) < 4.78 is 0. The summed E-state index contributed by atoms with van der Waals surface area (Å²) in [6.07, 6.45) is 9.79. The van der Waals surface area contributed by atoms with E-state index in [0.717, 1.165) is 23.8 Å². The summed E-state index contributed by atoms with van der Waals surface area (Å²) in [5.74, 6) is 1.05. The molecule has 2 aliphatic heterocycles. The second kappa shape index (κ2) is 6.53. The van der Waals surface area contributed by atoms with Crippen LogP contribution in [-0.2, 0) is 0 Å². The van der Waals surface area contributed by atoms with Gasteiger partial charge in [-0.15, -0.1) is 0 Å². The van der Waals surface area contributed by atoms with Crippen molar-refractivity contribution in [3.63, 3.8) is 0 Å². The lowest BCUT2D eigenvalue weighted by Gasteiger charge is -2.30. The van der Waals surface area contributed by atoms with Crippen molar-refractivity contribution in [1.82, 2.24) is 4.90 Å². The van der Waals surface area contributed by atoms with Gasteiger partial charge in [0.15, 0.2) is 0 Å². The van der Waals surface area contributed by atoms with Gasteiger partial charge in [0, 0.05) is 22.5 Å². The molecule has 0 unspecified atom stereocenters. The summed E-state index contributed by atoms with van der Waals surface area (Å²) in [6, 6.07) is 8.11. The molecular weight excluding hydrogens is 292 g/mol. The first kappa shape index (κ1) is 15.1. The maximum absolute atomic E-state index is 6.03. The van der Waals surface area contributed by atoms with Crippen LogP contribution in [0.4, 0.5) is 0 Å². The van der Waals surface area contributed by atoms with E-state index in [-0.39, 0.29) is 0 Å². The molecule has 2 heterocycles. The van der Waals surface area contributed by atoms with Gasteiger partial charge >= 0.3 is 0 Å². The molecule has 2 aliphatic rings. The zero-order valence-electron chi connectivity index (χ0n) is 13.1. The predicted octanol–water partition coefficient (Wildman–Crippen LogP) is 5.43. The highest BCUT2D eigenvalue weighted by Gasteiger charge is 2.21. The van der Waals surface area contributed by atoms with Crippen molar-refractivity contribution >= 4 is 23.0 Å². The second-order valence-electron chi connectivity index (χ2n) is 5.84. The lowest BCUT2D eigenvalue weighted by atomic mass is 9.98. The van der Waals surface area contributed by atoms with Crippen LogP contribution in [0.15, 0.2) is 58.9 Å². The molecule has 0 saturated carbocycles. The molecule has 3 rings (SSSR count). The molecule has 0 aromatic heterocycles. The van der Waals surface area contributed by atoms with E-state index in [0.29, 0.717) is 0 Å². The van der Waals surface area contributed by atoms with Crippen LogP contribution in [0, 0.1) is 0 Å². The summed E-state index contributed by atoms with van der Waals surface area (Å²) in [5.41, 5.74) is 5.01. The number of unbranched alkanes of at least 4 members (excludes halogenated alkanes) is 1. The van der Waals surface area contributed by atoms with Crippen molar-refractivity contribution in [2.24, 2.45) is 4.99 Å². The number of hydrogen-bond acceptors (Lipinski definition) is 2. The van der Waals surface area contributed by atoms with E-state index in [4.69, 9.17) is 16.6 Å². The minimum absolute atomic E-state index is 0.774. The molecular formula is C19H21ClN2. The molecule has 0 amide bonds. The minimum atomic E-state index is 0.774. The van der Waals surface area contributed by atoms with Crippen molar-refractivity contribution in [2.45, 2.75) is 33.1 Å². The Labute approximate surface area is 137 Å². The molecule has 22 heavy (non-hydrogen) atoms. The third kappa shape index (κ3) is 3.17. The molecule has 1 aromatic rings. The molecule has 0 fully saturated rings. The summed E-state index contributed by atoms with van der Waals surface area (Å²) in [4.78, 5) is 7.14. The van der Waals surface area contributed by atoms with Crippen molar-refractivity contribution in [1.29, 1.82) is 0 Å². The number of amidine groups is 1. The van der Waals surface area contributed by atoms with Crippen molar-refractivity contribution in [2.75, 3.05) is 6.54 Å². The van der Waals surface area contributed by atoms with E-state index in [1.807, 2.05) is 12.1 Å². The van der Waals surface area contributed by atoms with E-state index in [1.165, 1.54) is 35.2 Å². The van der Waals surface area contributed by atoms with E-state index >= 15 is 0 Å². The monoisotopic (exact) mass is 312 g/mol. The molecule has 0 bridgehead atoms. The van der Waals surface area contributed by atoms with Gasteiger partial charge in [0.25, 0.3) is 0 Å². The zero-order chi connectivity index (χ0) is 15.5. The van der Waals surface area contributed by atoms with Gasteiger partial charge in [-0.05, 0) is 49.1 Å². The van der Waals surface area contributed by atoms with Crippen LogP contribution in [-0.4, -0.2) is 17.3 Å². The van der Waals surface area contributed by atoms with E-state index in [1.54, 1.807) is 0 Å². The van der Waals surface area contributed by atoms with E-state index < -0.39 is 0 Å². The Bertz CT molecular complexity index is 678. The van der Waals surface area contributed by atoms with Gasteiger partial charge in [-0.25, -0.2) is 4.99 Å². The molecule has 2 nitrogen and oxygen atoms in total. The van der Waals surface area contributed by atoms with Gasteiger partial charge in [0.05, 0.1) is 6.54 Å². The number of allylic oxidation sites excluding steroid dienone is 3. The van der Waals surface area contributed by atoms with Crippen LogP contribution < -0.4 is 0 Å². The number of rotatable bonds is 4. The lowest BCUT2D eigenvalue weighted by molar-refractivity contribution is 0.607. The normalized spacial score (nSPS) is 17.3. The van der Waals surface area contributed by atoms with Crippen molar-refractivity contribution in [3.05, 3.63) is 64.5 Å².